The number of halogens is 5. The molecule has 0 saturated heterocycles. The summed E-state index contributed by atoms with van der Waals surface area (Å²) in [4.78, 5) is 12.1. The van der Waals surface area contributed by atoms with E-state index in [1.165, 1.54) is 6.21 Å². The van der Waals surface area contributed by atoms with E-state index < -0.39 is 39.2 Å². The van der Waals surface area contributed by atoms with Crippen molar-refractivity contribution in [3.8, 4) is 0 Å². The zero-order valence-electron chi connectivity index (χ0n) is 14.7. The Morgan fingerprint density at radius 2 is 1.97 bits per heavy atom. The fraction of sp³-hybridized carbons (Fsp3) is 0.176. The minimum Gasteiger partial charge on any atom is -0.271 e. The smallest absolute Gasteiger partial charge is 0.271 e. The van der Waals surface area contributed by atoms with Crippen molar-refractivity contribution in [3.05, 3.63) is 63.1 Å². The second kappa shape index (κ2) is 9.14. The summed E-state index contributed by atoms with van der Waals surface area (Å²) in [5, 5.41) is 3.13. The third-order valence-corrected chi connectivity index (χ3v) is 5.45. The van der Waals surface area contributed by atoms with Crippen LogP contribution >= 0.6 is 27.5 Å². The van der Waals surface area contributed by atoms with Crippen molar-refractivity contribution < 1.29 is 26.4 Å². The first-order valence-corrected chi connectivity index (χ1v) is 10.8. The van der Waals surface area contributed by atoms with Gasteiger partial charge in [-0.25, -0.2) is 13.8 Å². The molecule has 0 aliphatic carbocycles. The summed E-state index contributed by atoms with van der Waals surface area (Å²) in [7, 11) is -4.07. The van der Waals surface area contributed by atoms with E-state index in [1.807, 2.05) is 0 Å². The number of carbonyl (C=O) groups excluding carboxylic acids is 1. The number of alkyl halides is 3. The SMILES string of the molecule is CS(=O)(=O)N(CC(=O)NN=Cc1cccc(Br)c1)c1ccc(Cl)c(C(F)(F)F)c1. The molecule has 1 amide bonds. The van der Waals surface area contributed by atoms with E-state index in [0.29, 0.717) is 15.9 Å². The summed E-state index contributed by atoms with van der Waals surface area (Å²) in [6, 6.07) is 9.55. The number of hydrogen-bond acceptors (Lipinski definition) is 4. The zero-order chi connectivity index (χ0) is 21.8. The molecule has 0 aromatic heterocycles. The Labute approximate surface area is 178 Å². The lowest BCUT2D eigenvalue weighted by Crippen LogP contribution is -2.39. The Balaban J connectivity index is 2.21. The van der Waals surface area contributed by atoms with Gasteiger partial charge in [-0.3, -0.25) is 9.10 Å². The van der Waals surface area contributed by atoms with Gasteiger partial charge >= 0.3 is 6.18 Å². The van der Waals surface area contributed by atoms with Gasteiger partial charge in [0.25, 0.3) is 5.91 Å². The molecule has 12 heteroatoms. The van der Waals surface area contributed by atoms with Gasteiger partial charge in [0, 0.05) is 4.47 Å². The lowest BCUT2D eigenvalue weighted by atomic mass is 10.2. The van der Waals surface area contributed by atoms with Crippen LogP contribution in [0.2, 0.25) is 5.02 Å². The van der Waals surface area contributed by atoms with Crippen molar-refractivity contribution >= 4 is 55.4 Å². The van der Waals surface area contributed by atoms with Crippen LogP contribution in [0.4, 0.5) is 18.9 Å². The second-order valence-electron chi connectivity index (χ2n) is 5.78. The van der Waals surface area contributed by atoms with Crippen molar-refractivity contribution in [2.75, 3.05) is 17.1 Å². The highest BCUT2D eigenvalue weighted by atomic mass is 79.9. The fourth-order valence-corrected chi connectivity index (χ4v) is 3.71. The maximum Gasteiger partial charge on any atom is 0.417 e. The summed E-state index contributed by atoms with van der Waals surface area (Å²) >= 11 is 8.83. The number of sulfonamides is 1. The van der Waals surface area contributed by atoms with Crippen LogP contribution in [0.15, 0.2) is 52.0 Å². The van der Waals surface area contributed by atoms with Crippen LogP contribution in [0.3, 0.4) is 0 Å². The van der Waals surface area contributed by atoms with Crippen LogP contribution in [-0.2, 0) is 21.0 Å². The van der Waals surface area contributed by atoms with Gasteiger partial charge in [-0.2, -0.15) is 18.3 Å². The number of hydrazone groups is 1. The number of anilines is 1. The van der Waals surface area contributed by atoms with Crippen molar-refractivity contribution in [2.45, 2.75) is 6.18 Å². The monoisotopic (exact) mass is 511 g/mol. The molecular weight excluding hydrogens is 499 g/mol. The summed E-state index contributed by atoms with van der Waals surface area (Å²) in [6.07, 6.45) is -2.68. The number of amides is 1. The first-order chi connectivity index (χ1) is 13.4. The van der Waals surface area contributed by atoms with E-state index in [9.17, 15) is 26.4 Å². The second-order valence-corrected chi connectivity index (χ2v) is 9.01. The fourth-order valence-electron chi connectivity index (χ4n) is 2.22. The molecule has 0 aliphatic heterocycles. The molecule has 6 nitrogen and oxygen atoms in total. The number of benzene rings is 2. The van der Waals surface area contributed by atoms with Crippen LogP contribution in [0.25, 0.3) is 0 Å². The van der Waals surface area contributed by atoms with E-state index in [4.69, 9.17) is 11.6 Å². The Hall–Kier alpha value is -2.11. The molecule has 0 radical (unpaired) electrons. The van der Waals surface area contributed by atoms with Crippen LogP contribution in [0.5, 0.6) is 0 Å². The molecule has 2 rings (SSSR count). The van der Waals surface area contributed by atoms with Crippen molar-refractivity contribution in [1.29, 1.82) is 0 Å². The Bertz CT molecular complexity index is 1050. The van der Waals surface area contributed by atoms with Gasteiger partial charge in [0.1, 0.15) is 6.54 Å². The molecule has 0 unspecified atom stereocenters. The molecule has 0 heterocycles. The number of rotatable bonds is 6. The number of hydrogen-bond donors (Lipinski definition) is 1. The van der Waals surface area contributed by atoms with Crippen molar-refractivity contribution in [3.63, 3.8) is 0 Å². The Morgan fingerprint density at radius 1 is 1.28 bits per heavy atom. The highest BCUT2D eigenvalue weighted by molar-refractivity contribution is 9.10. The van der Waals surface area contributed by atoms with Gasteiger partial charge in [-0.05, 0) is 35.9 Å². The molecule has 29 heavy (non-hydrogen) atoms. The zero-order valence-corrected chi connectivity index (χ0v) is 17.9. The quantitative estimate of drug-likeness (QED) is 0.469. The average Bonchev–Trinajstić information content (AvgIpc) is 2.58. The number of nitrogens with zero attached hydrogens (tertiary/aromatic N) is 2. The predicted octanol–water partition coefficient (Wildman–Crippen LogP) is 4.04. The van der Waals surface area contributed by atoms with Gasteiger partial charge in [-0.1, -0.05) is 39.7 Å². The topological polar surface area (TPSA) is 78.8 Å². The van der Waals surface area contributed by atoms with Crippen LogP contribution in [0, 0.1) is 0 Å². The highest BCUT2D eigenvalue weighted by Crippen LogP contribution is 2.37. The number of carbonyl (C=O) groups is 1. The predicted molar refractivity (Wildman–Crippen MR) is 109 cm³/mol. The standard InChI is InChI=1S/C17H14BrClF3N3O3S/c1-29(27,28)25(13-5-6-15(19)14(8-13)17(20,21)22)10-16(26)24-23-9-11-3-2-4-12(18)7-11/h2-9H,10H2,1H3,(H,24,26). The molecule has 0 fully saturated rings. The Kier molecular flexibility index (Phi) is 7.30. The van der Waals surface area contributed by atoms with Crippen molar-refractivity contribution in [1.82, 2.24) is 5.43 Å². The molecule has 0 spiro atoms. The minimum atomic E-state index is -4.78. The van der Waals surface area contributed by atoms with Gasteiger partial charge in [0.15, 0.2) is 0 Å². The van der Waals surface area contributed by atoms with Crippen LogP contribution in [0.1, 0.15) is 11.1 Å². The van der Waals surface area contributed by atoms with Gasteiger partial charge in [-0.15, -0.1) is 0 Å². The van der Waals surface area contributed by atoms with Crippen LogP contribution in [-0.4, -0.2) is 33.3 Å². The van der Waals surface area contributed by atoms with Gasteiger partial charge < -0.3 is 0 Å². The minimum absolute atomic E-state index is 0.352. The highest BCUT2D eigenvalue weighted by Gasteiger charge is 2.34. The van der Waals surface area contributed by atoms with Crippen LogP contribution < -0.4 is 9.73 Å². The van der Waals surface area contributed by atoms with E-state index in [2.05, 4.69) is 26.5 Å². The molecule has 1 N–H and O–H groups in total. The normalized spacial score (nSPS) is 12.2. The van der Waals surface area contributed by atoms with E-state index in [-0.39, 0.29) is 5.69 Å². The molecule has 0 atom stereocenters. The van der Waals surface area contributed by atoms with Crippen molar-refractivity contribution in [2.24, 2.45) is 5.10 Å². The maximum atomic E-state index is 13.1. The van der Waals surface area contributed by atoms with E-state index >= 15 is 0 Å². The first kappa shape index (κ1) is 23.2. The lowest BCUT2D eigenvalue weighted by molar-refractivity contribution is -0.137. The largest absolute Gasteiger partial charge is 0.417 e. The van der Waals surface area contributed by atoms with E-state index in [1.54, 1.807) is 24.3 Å². The van der Waals surface area contributed by atoms with Gasteiger partial charge in [0.2, 0.25) is 10.0 Å². The Morgan fingerprint density at radius 3 is 2.55 bits per heavy atom. The lowest BCUT2D eigenvalue weighted by Gasteiger charge is -2.22. The molecule has 2 aromatic rings. The summed E-state index contributed by atoms with van der Waals surface area (Å²) in [6.45, 7) is -0.770. The third-order valence-electron chi connectivity index (χ3n) is 3.48. The first-order valence-electron chi connectivity index (χ1n) is 7.80. The molecule has 0 aliphatic rings. The average molecular weight is 513 g/mol. The van der Waals surface area contributed by atoms with E-state index in [0.717, 1.165) is 22.9 Å². The summed E-state index contributed by atoms with van der Waals surface area (Å²) in [5.41, 5.74) is 1.24. The summed E-state index contributed by atoms with van der Waals surface area (Å²) < 4.78 is 64.5. The third kappa shape index (κ3) is 6.72. The molecule has 0 bridgehead atoms. The summed E-state index contributed by atoms with van der Waals surface area (Å²) in [5.74, 6) is -0.842. The maximum absolute atomic E-state index is 13.1. The molecular formula is C17H14BrClF3N3O3S. The number of nitrogens with one attached hydrogen (secondary N) is 1. The molecule has 156 valence electrons. The molecule has 0 saturated carbocycles. The molecule has 2 aromatic carbocycles. The van der Waals surface area contributed by atoms with Gasteiger partial charge in [0.05, 0.1) is 28.7 Å².